The number of nitrogens with two attached hydrogens (primary N) is 1. The minimum Gasteiger partial charge on any atom is -0.497 e. The molecule has 11 heteroatoms. The lowest BCUT2D eigenvalue weighted by Crippen LogP contribution is -2.62. The number of amides is 3. The molecule has 2 aliphatic rings. The van der Waals surface area contributed by atoms with Gasteiger partial charge in [0.2, 0.25) is 17.7 Å². The van der Waals surface area contributed by atoms with E-state index >= 15 is 0 Å². The van der Waals surface area contributed by atoms with Gasteiger partial charge in [-0.1, -0.05) is 42.5 Å². The Hall–Kier alpha value is -3.80. The van der Waals surface area contributed by atoms with E-state index in [2.05, 4.69) is 5.32 Å². The molecular formula is C31H40N4O7. The van der Waals surface area contributed by atoms with Crippen LogP contribution in [-0.2, 0) is 41.5 Å². The van der Waals surface area contributed by atoms with Crippen molar-refractivity contribution >= 4 is 23.5 Å². The van der Waals surface area contributed by atoms with Crippen LogP contribution >= 0.6 is 0 Å². The van der Waals surface area contributed by atoms with Crippen molar-refractivity contribution in [1.29, 1.82) is 0 Å². The summed E-state index contributed by atoms with van der Waals surface area (Å²) in [5.41, 5.74) is 6.40. The van der Waals surface area contributed by atoms with Crippen molar-refractivity contribution in [3.63, 3.8) is 0 Å². The molecule has 0 spiro atoms. The summed E-state index contributed by atoms with van der Waals surface area (Å²) in [7, 11) is 1.55. The number of carbonyl (C=O) groups is 4. The number of nitrogens with zero attached hydrogens (tertiary/aromatic N) is 2. The molecule has 0 bridgehead atoms. The van der Waals surface area contributed by atoms with Gasteiger partial charge in [-0.25, -0.2) is 0 Å². The van der Waals surface area contributed by atoms with E-state index in [1.807, 2.05) is 35.2 Å². The number of nitrogens with one attached hydrogen (secondary N) is 1. The van der Waals surface area contributed by atoms with Gasteiger partial charge in [-0.05, 0) is 37.1 Å². The molecule has 42 heavy (non-hydrogen) atoms. The van der Waals surface area contributed by atoms with E-state index in [1.54, 1.807) is 45.2 Å². The molecule has 2 aromatic rings. The molecule has 11 nitrogen and oxygen atoms in total. The number of ketones is 1. The molecule has 2 aromatic carbocycles. The van der Waals surface area contributed by atoms with Gasteiger partial charge in [-0.2, -0.15) is 0 Å². The quantitative estimate of drug-likeness (QED) is 0.311. The van der Waals surface area contributed by atoms with Crippen LogP contribution in [0.2, 0.25) is 0 Å². The molecule has 2 aliphatic heterocycles. The number of carbonyl (C=O) groups excluding carboxylic acids is 4. The predicted octanol–water partition coefficient (Wildman–Crippen LogP) is 0.726. The number of hydrogen-bond acceptors (Lipinski definition) is 8. The van der Waals surface area contributed by atoms with Crippen LogP contribution in [0.4, 0.5) is 0 Å². The van der Waals surface area contributed by atoms with E-state index < -0.39 is 35.5 Å². The first-order chi connectivity index (χ1) is 20.1. The van der Waals surface area contributed by atoms with Crippen molar-refractivity contribution in [2.45, 2.75) is 50.4 Å². The summed E-state index contributed by atoms with van der Waals surface area (Å²) in [6.45, 7) is 5.83. The van der Waals surface area contributed by atoms with E-state index in [1.165, 1.54) is 4.90 Å². The first-order valence-electron chi connectivity index (χ1n) is 14.2. The highest BCUT2D eigenvalue weighted by Gasteiger charge is 2.53. The van der Waals surface area contributed by atoms with Crippen LogP contribution in [0.3, 0.4) is 0 Å². The van der Waals surface area contributed by atoms with E-state index in [0.29, 0.717) is 32.1 Å². The first-order valence-corrected chi connectivity index (χ1v) is 14.2. The Kier molecular flexibility index (Phi) is 10.3. The lowest BCUT2D eigenvalue weighted by Gasteiger charge is -2.38. The second-order valence-corrected chi connectivity index (χ2v) is 11.0. The van der Waals surface area contributed by atoms with E-state index in [0.717, 1.165) is 11.1 Å². The topological polar surface area (TPSA) is 144 Å². The van der Waals surface area contributed by atoms with Gasteiger partial charge in [0, 0.05) is 25.9 Å². The van der Waals surface area contributed by atoms with Gasteiger partial charge < -0.3 is 30.2 Å². The number of morpholine rings is 1. The molecule has 3 amide bonds. The summed E-state index contributed by atoms with van der Waals surface area (Å²) >= 11 is 0. The third-order valence-corrected chi connectivity index (χ3v) is 7.73. The lowest BCUT2D eigenvalue weighted by molar-refractivity contribution is -0.149. The largest absolute Gasteiger partial charge is 0.497 e. The minimum absolute atomic E-state index is 0.0651. The molecule has 0 unspecified atom stereocenters. The maximum atomic E-state index is 14.2. The molecule has 0 saturated carbocycles. The number of ether oxygens (including phenoxy) is 3. The zero-order valence-electron chi connectivity index (χ0n) is 24.4. The normalized spacial score (nSPS) is 20.5. The molecule has 0 radical (unpaired) electrons. The monoisotopic (exact) mass is 580 g/mol. The number of benzene rings is 2. The van der Waals surface area contributed by atoms with Crippen LogP contribution in [-0.4, -0.2) is 104 Å². The Labute approximate surface area is 246 Å². The summed E-state index contributed by atoms with van der Waals surface area (Å²) in [6.07, 6.45) is 0.209. The minimum atomic E-state index is -1.18. The molecule has 4 atom stereocenters. The average Bonchev–Trinajstić information content (AvgIpc) is 3.75. The van der Waals surface area contributed by atoms with Crippen molar-refractivity contribution in [1.82, 2.24) is 15.1 Å². The number of methoxy groups -OCH3 is 1. The number of primary amides is 1. The molecule has 2 fully saturated rings. The molecule has 0 aliphatic carbocycles. The van der Waals surface area contributed by atoms with Gasteiger partial charge in [0.1, 0.15) is 23.4 Å². The summed E-state index contributed by atoms with van der Waals surface area (Å²) in [5, 5.41) is 2.77. The third kappa shape index (κ3) is 7.93. The van der Waals surface area contributed by atoms with Crippen molar-refractivity contribution in [2.24, 2.45) is 5.73 Å². The first kappa shape index (κ1) is 31.1. The average molecular weight is 581 g/mol. The molecule has 0 aromatic heterocycles. The second-order valence-electron chi connectivity index (χ2n) is 11.0. The predicted molar refractivity (Wildman–Crippen MR) is 155 cm³/mol. The summed E-state index contributed by atoms with van der Waals surface area (Å²) in [4.78, 5) is 57.4. The Morgan fingerprint density at radius 2 is 1.60 bits per heavy atom. The number of rotatable bonds is 14. The summed E-state index contributed by atoms with van der Waals surface area (Å²) < 4.78 is 16.1. The molecule has 3 N–H and O–H groups in total. The molecule has 2 heterocycles. The van der Waals surface area contributed by atoms with Crippen LogP contribution in [0, 0.1) is 0 Å². The Morgan fingerprint density at radius 1 is 1.00 bits per heavy atom. The zero-order chi connectivity index (χ0) is 30.3. The molecule has 2 saturated heterocycles. The molecular weight excluding hydrogens is 540 g/mol. The fraction of sp³-hybridized carbons (Fsp3) is 0.484. The van der Waals surface area contributed by atoms with Crippen molar-refractivity contribution in [3.8, 4) is 5.75 Å². The fourth-order valence-electron chi connectivity index (χ4n) is 5.14. The Balaban J connectivity index is 1.67. The third-order valence-electron chi connectivity index (χ3n) is 7.73. The Bertz CT molecular complexity index is 1240. The van der Waals surface area contributed by atoms with E-state index in [-0.39, 0.29) is 37.7 Å². The SMILES string of the molecule is COc1ccc(C[C@@H](C(N)=O)N(C(=O)[C@H](C)NC(=O)CN2CCOCC2)[C@@H](Cc2ccccc2)C(=O)[C@@]2(C)CO2)cc1. The van der Waals surface area contributed by atoms with Crippen LogP contribution in [0.25, 0.3) is 0 Å². The highest BCUT2D eigenvalue weighted by molar-refractivity contribution is 6.00. The van der Waals surface area contributed by atoms with Gasteiger partial charge in [-0.15, -0.1) is 0 Å². The zero-order valence-corrected chi connectivity index (χ0v) is 24.4. The maximum absolute atomic E-state index is 14.2. The Morgan fingerprint density at radius 3 is 2.17 bits per heavy atom. The van der Waals surface area contributed by atoms with Crippen molar-refractivity contribution < 1.29 is 33.4 Å². The van der Waals surface area contributed by atoms with Crippen LogP contribution < -0.4 is 15.8 Å². The highest BCUT2D eigenvalue weighted by Crippen LogP contribution is 2.32. The van der Waals surface area contributed by atoms with Crippen LogP contribution in [0.1, 0.15) is 25.0 Å². The van der Waals surface area contributed by atoms with Crippen LogP contribution in [0.15, 0.2) is 54.6 Å². The number of Topliss-reactive ketones (excluding diaryl/α,β-unsaturated/α-hetero) is 1. The number of epoxide rings is 1. The van der Waals surface area contributed by atoms with Gasteiger partial charge in [0.25, 0.3) is 0 Å². The highest BCUT2D eigenvalue weighted by atomic mass is 16.6. The standard InChI is InChI=1S/C31H40N4O7/c1-21(33-27(36)19-34-13-15-41-16-14-34)30(39)35(26(29(32)38)18-23-9-11-24(40-3)12-10-23)25(28(37)31(2)20-42-31)17-22-7-5-4-6-8-22/h4-12,21,25-26H,13-20H2,1-3H3,(H2,32,38)(H,33,36)/t21-,25-,26-,31+/m0/s1. The number of hydrogen-bond donors (Lipinski definition) is 2. The fourth-order valence-corrected chi connectivity index (χ4v) is 5.14. The van der Waals surface area contributed by atoms with Gasteiger partial charge >= 0.3 is 0 Å². The summed E-state index contributed by atoms with van der Waals surface area (Å²) in [5.74, 6) is -1.38. The summed E-state index contributed by atoms with van der Waals surface area (Å²) in [6, 6.07) is 13.0. The van der Waals surface area contributed by atoms with Gasteiger partial charge in [0.15, 0.2) is 5.78 Å². The second kappa shape index (κ2) is 13.9. The van der Waals surface area contributed by atoms with Crippen molar-refractivity contribution in [2.75, 3.05) is 46.6 Å². The van der Waals surface area contributed by atoms with E-state index in [9.17, 15) is 19.2 Å². The molecule has 226 valence electrons. The lowest BCUT2D eigenvalue weighted by atomic mass is 9.90. The van der Waals surface area contributed by atoms with Gasteiger partial charge in [0.05, 0.1) is 39.5 Å². The van der Waals surface area contributed by atoms with Gasteiger partial charge in [-0.3, -0.25) is 24.1 Å². The van der Waals surface area contributed by atoms with Crippen molar-refractivity contribution in [3.05, 3.63) is 65.7 Å². The van der Waals surface area contributed by atoms with Crippen LogP contribution in [0.5, 0.6) is 5.75 Å². The molecule has 4 rings (SSSR count). The maximum Gasteiger partial charge on any atom is 0.246 e. The van der Waals surface area contributed by atoms with E-state index in [4.69, 9.17) is 19.9 Å². The smallest absolute Gasteiger partial charge is 0.246 e.